The summed E-state index contributed by atoms with van der Waals surface area (Å²) in [4.78, 5) is 10.8. The molecule has 0 saturated heterocycles. The lowest BCUT2D eigenvalue weighted by Gasteiger charge is -2.14. The molecule has 1 aromatic carbocycles. The first kappa shape index (κ1) is 14.8. The molecule has 0 aromatic heterocycles. The fourth-order valence-corrected chi connectivity index (χ4v) is 2.08. The van der Waals surface area contributed by atoms with Crippen molar-refractivity contribution in [2.75, 3.05) is 20.3 Å². The lowest BCUT2D eigenvalue weighted by atomic mass is 10.2. The summed E-state index contributed by atoms with van der Waals surface area (Å²) in [6, 6.07) is 3.79. The number of amides is 1. The van der Waals surface area contributed by atoms with Crippen molar-refractivity contribution in [1.82, 2.24) is 5.32 Å². The first-order valence-electron chi connectivity index (χ1n) is 5.59. The van der Waals surface area contributed by atoms with Crippen LogP contribution in [-0.4, -0.2) is 26.2 Å². The van der Waals surface area contributed by atoms with Crippen LogP contribution in [0.3, 0.4) is 0 Å². The summed E-state index contributed by atoms with van der Waals surface area (Å²) in [7, 11) is 1.87. The van der Waals surface area contributed by atoms with E-state index in [9.17, 15) is 4.79 Å². The first-order chi connectivity index (χ1) is 8.58. The van der Waals surface area contributed by atoms with Gasteiger partial charge in [0.25, 0.3) is 5.91 Å². The van der Waals surface area contributed by atoms with Gasteiger partial charge in [-0.05, 0) is 47.6 Å². The molecule has 5 nitrogen and oxygen atoms in total. The summed E-state index contributed by atoms with van der Waals surface area (Å²) >= 11 is 3.40. The van der Waals surface area contributed by atoms with Gasteiger partial charge in [0.05, 0.1) is 11.1 Å². The van der Waals surface area contributed by atoms with E-state index in [4.69, 9.17) is 15.2 Å². The quantitative estimate of drug-likeness (QED) is 0.798. The molecule has 0 radical (unpaired) electrons. The number of halogens is 1. The molecule has 1 rings (SSSR count). The number of rotatable bonds is 7. The Kier molecular flexibility index (Phi) is 5.94. The zero-order chi connectivity index (χ0) is 13.5. The first-order valence-corrected chi connectivity index (χ1v) is 6.38. The number of ether oxygens (including phenoxy) is 2. The minimum atomic E-state index is -0.524. The highest BCUT2D eigenvalue weighted by atomic mass is 79.9. The van der Waals surface area contributed by atoms with Crippen molar-refractivity contribution >= 4 is 21.8 Å². The van der Waals surface area contributed by atoms with Crippen molar-refractivity contribution in [3.63, 3.8) is 0 Å². The molecular weight excluding hydrogens is 300 g/mol. The number of carbonyl (C=O) groups excluding carboxylic acids is 1. The summed E-state index contributed by atoms with van der Waals surface area (Å²) in [5.74, 6) is 0.567. The zero-order valence-corrected chi connectivity index (χ0v) is 12.0. The number of hydrogen-bond donors (Lipinski definition) is 2. The van der Waals surface area contributed by atoms with Crippen molar-refractivity contribution in [2.45, 2.75) is 13.5 Å². The lowest BCUT2D eigenvalue weighted by Crippen LogP contribution is -2.20. The van der Waals surface area contributed by atoms with E-state index in [1.54, 1.807) is 0 Å². The minimum Gasteiger partial charge on any atom is -0.490 e. The van der Waals surface area contributed by atoms with E-state index in [-0.39, 0.29) is 6.61 Å². The lowest BCUT2D eigenvalue weighted by molar-refractivity contribution is -0.119. The van der Waals surface area contributed by atoms with Gasteiger partial charge in [0.15, 0.2) is 18.1 Å². The van der Waals surface area contributed by atoms with E-state index in [1.807, 2.05) is 26.1 Å². The molecule has 0 aliphatic heterocycles. The predicted octanol–water partition coefficient (Wildman–Crippen LogP) is 1.43. The van der Waals surface area contributed by atoms with Crippen LogP contribution < -0.4 is 20.5 Å². The van der Waals surface area contributed by atoms with E-state index in [0.29, 0.717) is 18.1 Å². The average Bonchev–Trinajstić information content (AvgIpc) is 2.28. The van der Waals surface area contributed by atoms with Crippen LogP contribution in [0.4, 0.5) is 0 Å². The Balaban J connectivity index is 3.01. The third-order valence-electron chi connectivity index (χ3n) is 2.11. The maximum atomic E-state index is 10.8. The third kappa shape index (κ3) is 4.19. The van der Waals surface area contributed by atoms with Crippen molar-refractivity contribution in [3.8, 4) is 11.5 Å². The highest BCUT2D eigenvalue weighted by Gasteiger charge is 2.13. The second kappa shape index (κ2) is 7.23. The second-order valence-electron chi connectivity index (χ2n) is 3.62. The van der Waals surface area contributed by atoms with Crippen LogP contribution in [0.15, 0.2) is 16.6 Å². The molecular formula is C12H17BrN2O3. The summed E-state index contributed by atoms with van der Waals surface area (Å²) in [6.07, 6.45) is 0. The van der Waals surface area contributed by atoms with E-state index >= 15 is 0 Å². The third-order valence-corrected chi connectivity index (χ3v) is 2.70. The van der Waals surface area contributed by atoms with Crippen molar-refractivity contribution < 1.29 is 14.3 Å². The number of nitrogens with one attached hydrogen (secondary N) is 1. The molecule has 1 aromatic rings. The Labute approximate surface area is 115 Å². The summed E-state index contributed by atoms with van der Waals surface area (Å²) < 4.78 is 11.6. The SMILES string of the molecule is CCOc1cc(CNC)cc(Br)c1OCC(N)=O. The van der Waals surface area contributed by atoms with Crippen molar-refractivity contribution in [3.05, 3.63) is 22.2 Å². The van der Waals surface area contributed by atoms with Gasteiger partial charge in [-0.1, -0.05) is 0 Å². The van der Waals surface area contributed by atoms with Crippen LogP contribution in [-0.2, 0) is 11.3 Å². The number of carbonyl (C=O) groups is 1. The predicted molar refractivity (Wildman–Crippen MR) is 72.8 cm³/mol. The van der Waals surface area contributed by atoms with E-state index in [1.165, 1.54) is 0 Å². The van der Waals surface area contributed by atoms with Crippen LogP contribution in [0.5, 0.6) is 11.5 Å². The maximum absolute atomic E-state index is 10.8. The highest BCUT2D eigenvalue weighted by molar-refractivity contribution is 9.10. The Morgan fingerprint density at radius 2 is 2.17 bits per heavy atom. The van der Waals surface area contributed by atoms with Crippen LogP contribution in [0.1, 0.15) is 12.5 Å². The average molecular weight is 317 g/mol. The van der Waals surface area contributed by atoms with E-state index < -0.39 is 5.91 Å². The van der Waals surface area contributed by atoms with Gasteiger partial charge in [-0.25, -0.2) is 0 Å². The Morgan fingerprint density at radius 3 is 2.72 bits per heavy atom. The maximum Gasteiger partial charge on any atom is 0.255 e. The van der Waals surface area contributed by atoms with Gasteiger partial charge in [-0.2, -0.15) is 0 Å². The fourth-order valence-electron chi connectivity index (χ4n) is 1.47. The number of hydrogen-bond acceptors (Lipinski definition) is 4. The van der Waals surface area contributed by atoms with Crippen LogP contribution in [0.25, 0.3) is 0 Å². The van der Waals surface area contributed by atoms with Gasteiger partial charge in [0.2, 0.25) is 0 Å². The number of benzene rings is 1. The van der Waals surface area contributed by atoms with E-state index in [0.717, 1.165) is 16.6 Å². The highest BCUT2D eigenvalue weighted by Crippen LogP contribution is 2.36. The molecule has 0 heterocycles. The standard InChI is InChI=1S/C12H17BrN2O3/c1-3-17-10-5-8(6-15-2)4-9(13)12(10)18-7-11(14)16/h4-5,15H,3,6-7H2,1-2H3,(H2,14,16). The van der Waals surface area contributed by atoms with Crippen molar-refractivity contribution in [2.24, 2.45) is 5.73 Å². The summed E-state index contributed by atoms with van der Waals surface area (Å²) in [5, 5.41) is 3.06. The van der Waals surface area contributed by atoms with Gasteiger partial charge in [-0.3, -0.25) is 4.79 Å². The van der Waals surface area contributed by atoms with Gasteiger partial charge < -0.3 is 20.5 Å². The second-order valence-corrected chi connectivity index (χ2v) is 4.48. The largest absolute Gasteiger partial charge is 0.490 e. The molecule has 100 valence electrons. The number of nitrogens with two attached hydrogens (primary N) is 1. The molecule has 0 aliphatic rings. The molecule has 0 spiro atoms. The van der Waals surface area contributed by atoms with Crippen LogP contribution in [0, 0.1) is 0 Å². The van der Waals surface area contributed by atoms with Crippen molar-refractivity contribution in [1.29, 1.82) is 0 Å². The Bertz CT molecular complexity index is 424. The summed E-state index contributed by atoms with van der Waals surface area (Å²) in [6.45, 7) is 2.94. The van der Waals surface area contributed by atoms with Gasteiger partial charge >= 0.3 is 0 Å². The molecule has 18 heavy (non-hydrogen) atoms. The topological polar surface area (TPSA) is 73.6 Å². The molecule has 0 fully saturated rings. The molecule has 6 heteroatoms. The Morgan fingerprint density at radius 1 is 1.44 bits per heavy atom. The monoisotopic (exact) mass is 316 g/mol. The fraction of sp³-hybridized carbons (Fsp3) is 0.417. The smallest absolute Gasteiger partial charge is 0.255 e. The van der Waals surface area contributed by atoms with E-state index in [2.05, 4.69) is 21.2 Å². The molecule has 0 bridgehead atoms. The molecule has 1 amide bonds. The molecule has 0 atom stereocenters. The van der Waals surface area contributed by atoms with Crippen LogP contribution in [0.2, 0.25) is 0 Å². The zero-order valence-electron chi connectivity index (χ0n) is 10.5. The molecule has 3 N–H and O–H groups in total. The normalized spacial score (nSPS) is 10.2. The van der Waals surface area contributed by atoms with Gasteiger partial charge in [0.1, 0.15) is 0 Å². The van der Waals surface area contributed by atoms with Gasteiger partial charge in [0, 0.05) is 6.54 Å². The summed E-state index contributed by atoms with van der Waals surface area (Å²) in [5.41, 5.74) is 6.12. The Hall–Kier alpha value is -1.27. The molecule has 0 unspecified atom stereocenters. The van der Waals surface area contributed by atoms with Gasteiger partial charge in [-0.15, -0.1) is 0 Å². The number of primary amides is 1. The molecule has 0 saturated carbocycles. The molecule has 0 aliphatic carbocycles. The minimum absolute atomic E-state index is 0.177. The van der Waals surface area contributed by atoms with Crippen LogP contribution >= 0.6 is 15.9 Å².